The number of rotatable bonds is 5. The van der Waals surface area contributed by atoms with Crippen LogP contribution in [0.1, 0.15) is 36.3 Å². The average Bonchev–Trinajstić information content (AvgIpc) is 3.19. The third-order valence-corrected chi connectivity index (χ3v) is 5.22. The van der Waals surface area contributed by atoms with Crippen molar-refractivity contribution in [1.82, 2.24) is 10.2 Å². The van der Waals surface area contributed by atoms with E-state index in [-0.39, 0.29) is 0 Å². The van der Waals surface area contributed by atoms with Gasteiger partial charge in [0.05, 0.1) is 7.11 Å². The van der Waals surface area contributed by atoms with E-state index in [0.717, 1.165) is 37.8 Å². The minimum absolute atomic E-state index is 0.452. The molecule has 3 rings (SSSR count). The molecule has 0 spiro atoms. The Morgan fingerprint density at radius 2 is 1.92 bits per heavy atom. The minimum Gasteiger partial charge on any atom is -0.497 e. The van der Waals surface area contributed by atoms with Crippen molar-refractivity contribution in [1.29, 1.82) is 0 Å². The van der Waals surface area contributed by atoms with Gasteiger partial charge in [-0.1, -0.05) is 49.4 Å². The zero-order valence-corrected chi connectivity index (χ0v) is 16.0. The van der Waals surface area contributed by atoms with Crippen molar-refractivity contribution in [3.8, 4) is 5.75 Å². The van der Waals surface area contributed by atoms with Crippen molar-refractivity contribution in [3.05, 3.63) is 65.7 Å². The quantitative estimate of drug-likeness (QED) is 0.656. The fraction of sp³-hybridized carbons (Fsp3) is 0.409. The van der Waals surface area contributed by atoms with E-state index in [2.05, 4.69) is 64.6 Å². The van der Waals surface area contributed by atoms with E-state index in [9.17, 15) is 0 Å². The lowest BCUT2D eigenvalue weighted by Gasteiger charge is -2.23. The second-order valence-electron chi connectivity index (χ2n) is 6.94. The highest BCUT2D eigenvalue weighted by Gasteiger charge is 2.26. The molecule has 4 nitrogen and oxygen atoms in total. The monoisotopic (exact) mass is 351 g/mol. The summed E-state index contributed by atoms with van der Waals surface area (Å²) in [6.45, 7) is 5.18. The van der Waals surface area contributed by atoms with Crippen LogP contribution in [-0.4, -0.2) is 44.7 Å². The molecule has 1 fully saturated rings. The van der Waals surface area contributed by atoms with E-state index in [4.69, 9.17) is 4.74 Å². The molecule has 0 aromatic heterocycles. The van der Waals surface area contributed by atoms with Gasteiger partial charge in [-0.05, 0) is 35.6 Å². The van der Waals surface area contributed by atoms with Gasteiger partial charge in [0.2, 0.25) is 0 Å². The van der Waals surface area contributed by atoms with Crippen molar-refractivity contribution in [2.75, 3.05) is 33.8 Å². The van der Waals surface area contributed by atoms with Gasteiger partial charge >= 0.3 is 0 Å². The van der Waals surface area contributed by atoms with Crippen LogP contribution in [0.15, 0.2) is 59.6 Å². The standard InChI is InChI=1S/C22H29N3O/c1-17(18-7-5-4-6-8-18)15-24-22(23-2)25-14-13-20(16-25)19-9-11-21(26-3)12-10-19/h4-12,17,20H,13-16H2,1-3H3,(H,23,24). The third-order valence-electron chi connectivity index (χ3n) is 5.22. The van der Waals surface area contributed by atoms with Gasteiger partial charge in [0.25, 0.3) is 0 Å². The zero-order chi connectivity index (χ0) is 18.4. The number of ether oxygens (including phenoxy) is 1. The largest absolute Gasteiger partial charge is 0.497 e. The number of methoxy groups -OCH3 is 1. The second-order valence-corrected chi connectivity index (χ2v) is 6.94. The van der Waals surface area contributed by atoms with Gasteiger partial charge in [0, 0.05) is 32.6 Å². The second kappa shape index (κ2) is 8.75. The summed E-state index contributed by atoms with van der Waals surface area (Å²) in [6, 6.07) is 19.1. The Bertz CT molecular complexity index is 712. The van der Waals surface area contributed by atoms with Crippen LogP contribution < -0.4 is 10.1 Å². The molecule has 2 aromatic carbocycles. The maximum absolute atomic E-state index is 5.26. The highest BCUT2D eigenvalue weighted by Crippen LogP contribution is 2.28. The first-order valence-corrected chi connectivity index (χ1v) is 9.35. The Morgan fingerprint density at radius 3 is 2.58 bits per heavy atom. The molecule has 1 heterocycles. The topological polar surface area (TPSA) is 36.9 Å². The van der Waals surface area contributed by atoms with Crippen LogP contribution in [0, 0.1) is 0 Å². The van der Waals surface area contributed by atoms with E-state index < -0.39 is 0 Å². The van der Waals surface area contributed by atoms with E-state index in [1.165, 1.54) is 11.1 Å². The molecule has 0 bridgehead atoms. The number of benzene rings is 2. The van der Waals surface area contributed by atoms with Crippen LogP contribution in [0.4, 0.5) is 0 Å². The maximum Gasteiger partial charge on any atom is 0.193 e. The SMILES string of the molecule is CN=C(NCC(C)c1ccccc1)N1CCC(c2ccc(OC)cc2)C1. The first-order valence-electron chi connectivity index (χ1n) is 9.35. The summed E-state index contributed by atoms with van der Waals surface area (Å²) in [5.74, 6) is 2.92. The summed E-state index contributed by atoms with van der Waals surface area (Å²) in [6.07, 6.45) is 1.15. The number of likely N-dealkylation sites (tertiary alicyclic amines) is 1. The molecule has 0 aliphatic carbocycles. The number of aliphatic imine (C=N–C) groups is 1. The Kier molecular flexibility index (Phi) is 6.16. The smallest absolute Gasteiger partial charge is 0.193 e. The van der Waals surface area contributed by atoms with Gasteiger partial charge in [-0.3, -0.25) is 4.99 Å². The molecular weight excluding hydrogens is 322 g/mol. The first-order chi connectivity index (χ1) is 12.7. The summed E-state index contributed by atoms with van der Waals surface area (Å²) >= 11 is 0. The summed E-state index contributed by atoms with van der Waals surface area (Å²) in [5, 5.41) is 3.56. The highest BCUT2D eigenvalue weighted by molar-refractivity contribution is 5.80. The van der Waals surface area contributed by atoms with Crippen LogP contribution in [-0.2, 0) is 0 Å². The van der Waals surface area contributed by atoms with Crippen LogP contribution in [0.5, 0.6) is 5.75 Å². The Hall–Kier alpha value is -2.49. The van der Waals surface area contributed by atoms with Crippen molar-refractivity contribution in [2.24, 2.45) is 4.99 Å². The van der Waals surface area contributed by atoms with E-state index in [1.807, 2.05) is 19.2 Å². The Morgan fingerprint density at radius 1 is 1.19 bits per heavy atom. The predicted octanol–water partition coefficient (Wildman–Crippen LogP) is 3.86. The molecule has 26 heavy (non-hydrogen) atoms. The molecule has 0 amide bonds. The lowest BCUT2D eigenvalue weighted by Crippen LogP contribution is -2.41. The maximum atomic E-state index is 5.26. The minimum atomic E-state index is 0.452. The summed E-state index contributed by atoms with van der Waals surface area (Å²) in [4.78, 5) is 6.87. The van der Waals surface area contributed by atoms with Crippen LogP contribution in [0.2, 0.25) is 0 Å². The van der Waals surface area contributed by atoms with Crippen LogP contribution in [0.3, 0.4) is 0 Å². The summed E-state index contributed by atoms with van der Waals surface area (Å²) in [5.41, 5.74) is 2.73. The zero-order valence-electron chi connectivity index (χ0n) is 16.0. The normalized spacial score (nSPS) is 18.7. The van der Waals surface area contributed by atoms with E-state index in [1.54, 1.807) is 7.11 Å². The highest BCUT2D eigenvalue weighted by atomic mass is 16.5. The van der Waals surface area contributed by atoms with Gasteiger partial charge in [-0.25, -0.2) is 0 Å². The van der Waals surface area contributed by atoms with Crippen LogP contribution >= 0.6 is 0 Å². The summed E-state index contributed by atoms with van der Waals surface area (Å²) < 4.78 is 5.26. The van der Waals surface area contributed by atoms with Crippen molar-refractivity contribution in [3.63, 3.8) is 0 Å². The van der Waals surface area contributed by atoms with Crippen molar-refractivity contribution >= 4 is 5.96 Å². The number of hydrogen-bond acceptors (Lipinski definition) is 2. The molecule has 1 saturated heterocycles. The van der Waals surface area contributed by atoms with Crippen molar-refractivity contribution in [2.45, 2.75) is 25.2 Å². The number of nitrogens with one attached hydrogen (secondary N) is 1. The fourth-order valence-electron chi connectivity index (χ4n) is 3.58. The number of nitrogens with zero attached hydrogens (tertiary/aromatic N) is 2. The molecule has 4 heteroatoms. The van der Waals surface area contributed by atoms with Crippen LogP contribution in [0.25, 0.3) is 0 Å². The molecule has 0 radical (unpaired) electrons. The number of hydrogen-bond donors (Lipinski definition) is 1. The molecule has 138 valence electrons. The van der Waals surface area contributed by atoms with Gasteiger partial charge in [0.15, 0.2) is 5.96 Å². The molecule has 1 aliphatic rings. The first kappa shape index (κ1) is 18.3. The number of guanidine groups is 1. The van der Waals surface area contributed by atoms with Crippen molar-refractivity contribution < 1.29 is 4.74 Å². The van der Waals surface area contributed by atoms with E-state index >= 15 is 0 Å². The fourth-order valence-corrected chi connectivity index (χ4v) is 3.58. The van der Waals surface area contributed by atoms with Gasteiger partial charge in [-0.2, -0.15) is 0 Å². The molecule has 1 N–H and O–H groups in total. The lowest BCUT2D eigenvalue weighted by molar-refractivity contribution is 0.414. The molecule has 0 saturated carbocycles. The lowest BCUT2D eigenvalue weighted by atomic mass is 9.98. The predicted molar refractivity (Wildman–Crippen MR) is 108 cm³/mol. The van der Waals surface area contributed by atoms with Gasteiger partial charge in [-0.15, -0.1) is 0 Å². The molecular formula is C22H29N3O. The van der Waals surface area contributed by atoms with E-state index in [0.29, 0.717) is 11.8 Å². The average molecular weight is 351 g/mol. The third kappa shape index (κ3) is 4.37. The molecule has 2 atom stereocenters. The Labute approximate surface area is 156 Å². The Balaban J connectivity index is 1.56. The molecule has 2 unspecified atom stereocenters. The molecule has 1 aliphatic heterocycles. The molecule has 2 aromatic rings. The summed E-state index contributed by atoms with van der Waals surface area (Å²) in [7, 11) is 3.58. The van der Waals surface area contributed by atoms with Gasteiger partial charge < -0.3 is 15.0 Å². The van der Waals surface area contributed by atoms with Gasteiger partial charge in [0.1, 0.15) is 5.75 Å².